The van der Waals surface area contributed by atoms with Gasteiger partial charge in [0.25, 0.3) is 0 Å². The van der Waals surface area contributed by atoms with Gasteiger partial charge in [-0.15, -0.1) is 11.3 Å². The zero-order valence-corrected chi connectivity index (χ0v) is 24.1. The van der Waals surface area contributed by atoms with Gasteiger partial charge in [0.1, 0.15) is 0 Å². The third kappa shape index (κ3) is 3.20. The van der Waals surface area contributed by atoms with Gasteiger partial charge in [-0.25, -0.2) is 0 Å². The van der Waals surface area contributed by atoms with E-state index in [9.17, 15) is 0 Å². The van der Waals surface area contributed by atoms with Crippen molar-refractivity contribution in [3.05, 3.63) is 137 Å². The van der Waals surface area contributed by atoms with Crippen LogP contribution in [0.2, 0.25) is 0 Å². The minimum absolute atomic E-state index is 0.0487. The second-order valence-electron chi connectivity index (χ2n) is 12.3. The Kier molecular flexibility index (Phi) is 4.86. The molecule has 0 saturated carbocycles. The summed E-state index contributed by atoms with van der Waals surface area (Å²) in [7, 11) is 0. The summed E-state index contributed by atoms with van der Waals surface area (Å²) in [6, 6.07) is 41.0. The van der Waals surface area contributed by atoms with Crippen molar-refractivity contribution >= 4 is 38.5 Å². The molecule has 1 heterocycles. The summed E-state index contributed by atoms with van der Waals surface area (Å²) in [6.07, 6.45) is 0. The van der Waals surface area contributed by atoms with E-state index in [-0.39, 0.29) is 10.8 Å². The molecule has 2 aliphatic carbocycles. The van der Waals surface area contributed by atoms with E-state index in [1.54, 1.807) is 11.3 Å². The maximum atomic E-state index is 2.46. The molecule has 1 nitrogen and oxygen atoms in total. The molecule has 0 spiro atoms. The van der Waals surface area contributed by atoms with Gasteiger partial charge in [-0.1, -0.05) is 94.4 Å². The van der Waals surface area contributed by atoms with Crippen LogP contribution in [0.5, 0.6) is 0 Å². The zero-order chi connectivity index (χ0) is 27.2. The molecule has 0 amide bonds. The minimum atomic E-state index is -0.0487. The van der Waals surface area contributed by atoms with Crippen LogP contribution in [0.1, 0.15) is 49.9 Å². The first-order chi connectivity index (χ1) is 19.3. The van der Waals surface area contributed by atoms with E-state index < -0.39 is 0 Å². The van der Waals surface area contributed by atoms with Crippen LogP contribution >= 0.6 is 11.3 Å². The molecule has 0 saturated heterocycles. The number of hydrogen-bond donors (Lipinski definition) is 0. The Balaban J connectivity index is 1.34. The summed E-state index contributed by atoms with van der Waals surface area (Å²) in [5.41, 5.74) is 14.5. The largest absolute Gasteiger partial charge is 0.310 e. The molecule has 2 aliphatic rings. The van der Waals surface area contributed by atoms with E-state index in [1.165, 1.54) is 71.7 Å². The lowest BCUT2D eigenvalue weighted by Crippen LogP contribution is -2.18. The molecule has 8 rings (SSSR count). The Labute approximate surface area is 240 Å². The van der Waals surface area contributed by atoms with Crippen molar-refractivity contribution in [1.82, 2.24) is 0 Å². The second-order valence-corrected chi connectivity index (χ2v) is 13.2. The number of benzene rings is 5. The standard InChI is InChI=1S/C38H31NS/c1-37(2)32-11-7-5-9-28(32)30-17-15-25(21-34(30)37)39(27-14-13-24-19-20-40-36(24)23-27)26-16-18-31-29-10-6-8-12-33(29)38(3,4)35(31)22-26/h5-23H,1-4H3. The average molecular weight is 534 g/mol. The highest BCUT2D eigenvalue weighted by molar-refractivity contribution is 7.17. The van der Waals surface area contributed by atoms with E-state index in [0.717, 1.165) is 0 Å². The highest BCUT2D eigenvalue weighted by Crippen LogP contribution is 2.53. The molecule has 5 aromatic carbocycles. The molecule has 0 unspecified atom stereocenters. The highest BCUT2D eigenvalue weighted by Gasteiger charge is 2.37. The molecule has 194 valence electrons. The zero-order valence-electron chi connectivity index (χ0n) is 23.3. The fraction of sp³-hybridized carbons (Fsp3) is 0.158. The molecule has 0 bridgehead atoms. The monoisotopic (exact) mass is 533 g/mol. The number of hydrogen-bond acceptors (Lipinski definition) is 2. The fourth-order valence-electron chi connectivity index (χ4n) is 7.19. The first-order valence-electron chi connectivity index (χ1n) is 14.1. The van der Waals surface area contributed by atoms with Crippen LogP contribution in [0.15, 0.2) is 115 Å². The number of rotatable bonds is 3. The van der Waals surface area contributed by atoms with E-state index in [1.807, 2.05) is 0 Å². The van der Waals surface area contributed by atoms with Gasteiger partial charge in [0.2, 0.25) is 0 Å². The van der Waals surface area contributed by atoms with Gasteiger partial charge in [0, 0.05) is 32.6 Å². The van der Waals surface area contributed by atoms with Crippen LogP contribution in [0.4, 0.5) is 17.1 Å². The predicted molar refractivity (Wildman–Crippen MR) is 172 cm³/mol. The van der Waals surface area contributed by atoms with Gasteiger partial charge in [-0.3, -0.25) is 0 Å². The van der Waals surface area contributed by atoms with Crippen molar-refractivity contribution in [2.75, 3.05) is 4.90 Å². The lowest BCUT2D eigenvalue weighted by atomic mass is 9.82. The lowest BCUT2D eigenvalue weighted by Gasteiger charge is -2.29. The fourth-order valence-corrected chi connectivity index (χ4v) is 8.01. The summed E-state index contributed by atoms with van der Waals surface area (Å²) in [6.45, 7) is 9.44. The van der Waals surface area contributed by atoms with Crippen LogP contribution in [0.25, 0.3) is 32.3 Å². The summed E-state index contributed by atoms with van der Waals surface area (Å²) in [4.78, 5) is 2.46. The third-order valence-corrected chi connectivity index (χ3v) is 10.2. The van der Waals surface area contributed by atoms with Crippen LogP contribution < -0.4 is 4.90 Å². The summed E-state index contributed by atoms with van der Waals surface area (Å²) >= 11 is 1.81. The third-order valence-electron chi connectivity index (χ3n) is 9.35. The Bertz CT molecular complexity index is 1860. The molecule has 40 heavy (non-hydrogen) atoms. The van der Waals surface area contributed by atoms with Crippen LogP contribution in [0, 0.1) is 0 Å². The smallest absolute Gasteiger partial charge is 0.0476 e. The van der Waals surface area contributed by atoms with Crippen molar-refractivity contribution in [2.24, 2.45) is 0 Å². The first kappa shape index (κ1) is 23.7. The predicted octanol–water partition coefficient (Wildman–Crippen LogP) is 11.0. The van der Waals surface area contributed by atoms with Gasteiger partial charge in [0.05, 0.1) is 0 Å². The van der Waals surface area contributed by atoms with E-state index in [2.05, 4.69) is 147 Å². The number of anilines is 3. The first-order valence-corrected chi connectivity index (χ1v) is 15.0. The molecule has 1 aromatic heterocycles. The molecule has 6 aromatic rings. The Hall–Kier alpha value is -4.14. The molecule has 2 heteroatoms. The van der Waals surface area contributed by atoms with Gasteiger partial charge >= 0.3 is 0 Å². The second kappa shape index (κ2) is 8.19. The van der Waals surface area contributed by atoms with Crippen molar-refractivity contribution in [1.29, 1.82) is 0 Å². The van der Waals surface area contributed by atoms with Crippen LogP contribution in [-0.4, -0.2) is 0 Å². The topological polar surface area (TPSA) is 3.24 Å². The average Bonchev–Trinajstić information content (AvgIpc) is 3.60. The Morgan fingerprint density at radius 2 is 0.950 bits per heavy atom. The van der Waals surface area contributed by atoms with Gasteiger partial charge in [-0.05, 0) is 97.7 Å². The van der Waals surface area contributed by atoms with Crippen LogP contribution in [-0.2, 0) is 10.8 Å². The number of nitrogens with zero attached hydrogens (tertiary/aromatic N) is 1. The van der Waals surface area contributed by atoms with Crippen molar-refractivity contribution in [2.45, 2.75) is 38.5 Å². The van der Waals surface area contributed by atoms with Gasteiger partial charge < -0.3 is 4.90 Å². The minimum Gasteiger partial charge on any atom is -0.310 e. The number of thiophene rings is 1. The Morgan fingerprint density at radius 3 is 1.52 bits per heavy atom. The van der Waals surface area contributed by atoms with Gasteiger partial charge in [-0.2, -0.15) is 0 Å². The van der Waals surface area contributed by atoms with Crippen molar-refractivity contribution in [3.8, 4) is 22.3 Å². The molecule has 0 aliphatic heterocycles. The van der Waals surface area contributed by atoms with Crippen LogP contribution in [0.3, 0.4) is 0 Å². The molecule has 0 radical (unpaired) electrons. The van der Waals surface area contributed by atoms with E-state index in [0.29, 0.717) is 0 Å². The Morgan fingerprint density at radius 1 is 0.475 bits per heavy atom. The summed E-state index contributed by atoms with van der Waals surface area (Å²) in [5, 5.41) is 3.48. The summed E-state index contributed by atoms with van der Waals surface area (Å²) in [5.74, 6) is 0. The lowest BCUT2D eigenvalue weighted by molar-refractivity contribution is 0.660. The SMILES string of the molecule is CC1(C)c2ccccc2-c2ccc(N(c3ccc4c(c3)C(C)(C)c3ccccc3-4)c3ccc4ccsc4c3)cc21. The maximum Gasteiger partial charge on any atom is 0.0476 e. The maximum absolute atomic E-state index is 2.46. The molecule has 0 fully saturated rings. The van der Waals surface area contributed by atoms with E-state index >= 15 is 0 Å². The molecule has 0 N–H and O–H groups in total. The van der Waals surface area contributed by atoms with Gasteiger partial charge in [0.15, 0.2) is 0 Å². The normalized spacial score (nSPS) is 15.4. The van der Waals surface area contributed by atoms with Crippen molar-refractivity contribution < 1.29 is 0 Å². The quantitative estimate of drug-likeness (QED) is 0.219. The molecule has 0 atom stereocenters. The van der Waals surface area contributed by atoms with E-state index in [4.69, 9.17) is 0 Å². The number of fused-ring (bicyclic) bond motifs is 7. The molecular weight excluding hydrogens is 502 g/mol. The molecular formula is C38H31NS. The van der Waals surface area contributed by atoms with Crippen molar-refractivity contribution in [3.63, 3.8) is 0 Å². The summed E-state index contributed by atoms with van der Waals surface area (Å²) < 4.78 is 1.31. The highest BCUT2D eigenvalue weighted by atomic mass is 32.1.